The number of aliphatic imine (C=N–C) groups is 1. The number of nitrogens with one attached hydrogen (secondary N) is 1. The normalized spacial score (nSPS) is 13.5. The molecule has 2 aromatic rings. The van der Waals surface area contributed by atoms with Crippen LogP contribution in [0.3, 0.4) is 0 Å². The van der Waals surface area contributed by atoms with Crippen LogP contribution in [0.5, 0.6) is 5.75 Å². The standard InChI is InChI=1S/C20H23BrN2O/c1-3-14-5-4-6-18(20-22-11-12-23-20)17(14)9-7-15-13-16(21)8-10-19(15)24-2/h4-6,8,10,13H,3,7,9,11-12H2,1-2H3,(H,22,23). The highest BCUT2D eigenvalue weighted by Crippen LogP contribution is 2.26. The van der Waals surface area contributed by atoms with Crippen LogP contribution in [0.15, 0.2) is 45.9 Å². The molecule has 0 bridgehead atoms. The van der Waals surface area contributed by atoms with Crippen molar-refractivity contribution in [2.75, 3.05) is 20.2 Å². The Labute approximate surface area is 152 Å². The predicted octanol–water partition coefficient (Wildman–Crippen LogP) is 4.16. The lowest BCUT2D eigenvalue weighted by atomic mass is 9.93. The number of hydrogen-bond donors (Lipinski definition) is 1. The van der Waals surface area contributed by atoms with Crippen LogP contribution < -0.4 is 10.1 Å². The molecule has 126 valence electrons. The summed E-state index contributed by atoms with van der Waals surface area (Å²) < 4.78 is 6.61. The summed E-state index contributed by atoms with van der Waals surface area (Å²) in [6, 6.07) is 12.7. The Hall–Kier alpha value is -1.81. The monoisotopic (exact) mass is 386 g/mol. The molecule has 0 unspecified atom stereocenters. The first-order valence-electron chi connectivity index (χ1n) is 8.44. The average molecular weight is 387 g/mol. The first kappa shape index (κ1) is 17.0. The second kappa shape index (κ2) is 7.84. The molecule has 0 spiro atoms. The highest BCUT2D eigenvalue weighted by Gasteiger charge is 2.15. The average Bonchev–Trinajstić information content (AvgIpc) is 3.14. The third-order valence-corrected chi connectivity index (χ3v) is 4.96. The Morgan fingerprint density at radius 1 is 1.17 bits per heavy atom. The maximum atomic E-state index is 5.52. The predicted molar refractivity (Wildman–Crippen MR) is 103 cm³/mol. The highest BCUT2D eigenvalue weighted by atomic mass is 79.9. The molecule has 1 N–H and O–H groups in total. The van der Waals surface area contributed by atoms with Gasteiger partial charge in [-0.15, -0.1) is 0 Å². The molecule has 0 radical (unpaired) electrons. The third kappa shape index (κ3) is 3.64. The van der Waals surface area contributed by atoms with E-state index in [2.05, 4.69) is 57.4 Å². The summed E-state index contributed by atoms with van der Waals surface area (Å²) in [5, 5.41) is 3.41. The van der Waals surface area contributed by atoms with Gasteiger partial charge in [0.05, 0.1) is 13.7 Å². The fraction of sp³-hybridized carbons (Fsp3) is 0.350. The van der Waals surface area contributed by atoms with Crippen LogP contribution in [0.4, 0.5) is 0 Å². The molecule has 0 amide bonds. The largest absolute Gasteiger partial charge is 0.496 e. The van der Waals surface area contributed by atoms with Crippen molar-refractivity contribution < 1.29 is 4.74 Å². The molecule has 0 aliphatic carbocycles. The zero-order valence-corrected chi connectivity index (χ0v) is 15.8. The molecule has 3 rings (SSSR count). The van der Waals surface area contributed by atoms with Crippen molar-refractivity contribution in [3.05, 3.63) is 63.1 Å². The van der Waals surface area contributed by atoms with Crippen LogP contribution in [0.1, 0.15) is 29.2 Å². The maximum Gasteiger partial charge on any atom is 0.128 e. The van der Waals surface area contributed by atoms with E-state index in [1.54, 1.807) is 7.11 Å². The Morgan fingerprint density at radius 2 is 2.04 bits per heavy atom. The van der Waals surface area contributed by atoms with Gasteiger partial charge in [-0.05, 0) is 54.2 Å². The molecule has 0 saturated heterocycles. The van der Waals surface area contributed by atoms with Gasteiger partial charge < -0.3 is 10.1 Å². The van der Waals surface area contributed by atoms with Crippen LogP contribution in [0, 0.1) is 0 Å². The van der Waals surface area contributed by atoms with E-state index < -0.39 is 0 Å². The van der Waals surface area contributed by atoms with Crippen molar-refractivity contribution >= 4 is 21.8 Å². The molecule has 1 aliphatic heterocycles. The first-order chi connectivity index (χ1) is 11.7. The van der Waals surface area contributed by atoms with Crippen molar-refractivity contribution in [3.63, 3.8) is 0 Å². The molecular weight excluding hydrogens is 364 g/mol. The van der Waals surface area contributed by atoms with Gasteiger partial charge in [0, 0.05) is 16.6 Å². The lowest BCUT2D eigenvalue weighted by Gasteiger charge is -2.16. The molecule has 24 heavy (non-hydrogen) atoms. The molecule has 0 fully saturated rings. The maximum absolute atomic E-state index is 5.52. The Balaban J connectivity index is 1.91. The van der Waals surface area contributed by atoms with Crippen molar-refractivity contribution in [2.24, 2.45) is 4.99 Å². The van der Waals surface area contributed by atoms with Crippen LogP contribution in [0.2, 0.25) is 0 Å². The number of aryl methyl sites for hydroxylation is 2. The second-order valence-electron chi connectivity index (χ2n) is 5.91. The molecular formula is C20H23BrN2O. The Morgan fingerprint density at radius 3 is 2.75 bits per heavy atom. The fourth-order valence-corrected chi connectivity index (χ4v) is 3.67. The van der Waals surface area contributed by atoms with E-state index in [1.165, 1.54) is 22.3 Å². The van der Waals surface area contributed by atoms with Crippen molar-refractivity contribution in [1.82, 2.24) is 5.32 Å². The van der Waals surface area contributed by atoms with E-state index in [-0.39, 0.29) is 0 Å². The van der Waals surface area contributed by atoms with E-state index in [9.17, 15) is 0 Å². The number of amidine groups is 1. The van der Waals surface area contributed by atoms with Crippen LogP contribution >= 0.6 is 15.9 Å². The molecule has 3 nitrogen and oxygen atoms in total. The minimum Gasteiger partial charge on any atom is -0.496 e. The fourth-order valence-electron chi connectivity index (χ4n) is 3.26. The van der Waals surface area contributed by atoms with Gasteiger partial charge in [0.2, 0.25) is 0 Å². The zero-order valence-electron chi connectivity index (χ0n) is 14.2. The van der Waals surface area contributed by atoms with Crippen LogP contribution in [0.25, 0.3) is 0 Å². The first-order valence-corrected chi connectivity index (χ1v) is 9.24. The molecule has 0 atom stereocenters. The number of benzene rings is 2. The molecule has 0 saturated carbocycles. The second-order valence-corrected chi connectivity index (χ2v) is 6.83. The van der Waals surface area contributed by atoms with Gasteiger partial charge in [0.25, 0.3) is 0 Å². The third-order valence-electron chi connectivity index (χ3n) is 4.47. The zero-order chi connectivity index (χ0) is 16.9. The minimum atomic E-state index is 0.866. The van der Waals surface area contributed by atoms with E-state index in [1.807, 2.05) is 12.1 Å². The molecule has 2 aromatic carbocycles. The number of ether oxygens (including phenoxy) is 1. The van der Waals surface area contributed by atoms with E-state index in [4.69, 9.17) is 4.74 Å². The van der Waals surface area contributed by atoms with Gasteiger partial charge in [-0.1, -0.05) is 41.1 Å². The molecule has 4 heteroatoms. The summed E-state index contributed by atoms with van der Waals surface area (Å²) in [7, 11) is 1.73. The molecule has 1 heterocycles. The van der Waals surface area contributed by atoms with Crippen molar-refractivity contribution in [1.29, 1.82) is 0 Å². The van der Waals surface area contributed by atoms with Crippen molar-refractivity contribution in [2.45, 2.75) is 26.2 Å². The number of hydrogen-bond acceptors (Lipinski definition) is 3. The number of methoxy groups -OCH3 is 1. The van der Waals surface area contributed by atoms with Gasteiger partial charge in [0.15, 0.2) is 0 Å². The number of nitrogens with zero attached hydrogens (tertiary/aromatic N) is 1. The van der Waals surface area contributed by atoms with E-state index >= 15 is 0 Å². The number of halogens is 1. The minimum absolute atomic E-state index is 0.866. The lowest BCUT2D eigenvalue weighted by Crippen LogP contribution is -2.21. The summed E-state index contributed by atoms with van der Waals surface area (Å²) in [6.07, 6.45) is 2.96. The van der Waals surface area contributed by atoms with Crippen LogP contribution in [-0.2, 0) is 19.3 Å². The quantitative estimate of drug-likeness (QED) is 0.808. The van der Waals surface area contributed by atoms with E-state index in [0.29, 0.717) is 0 Å². The molecule has 0 aromatic heterocycles. The summed E-state index contributed by atoms with van der Waals surface area (Å²) in [5.74, 6) is 1.99. The Bertz CT molecular complexity index is 755. The Kier molecular flexibility index (Phi) is 5.56. The number of rotatable bonds is 6. The van der Waals surface area contributed by atoms with Gasteiger partial charge in [-0.2, -0.15) is 0 Å². The van der Waals surface area contributed by atoms with Crippen LogP contribution in [-0.4, -0.2) is 26.0 Å². The summed E-state index contributed by atoms with van der Waals surface area (Å²) >= 11 is 3.56. The van der Waals surface area contributed by atoms with Gasteiger partial charge >= 0.3 is 0 Å². The topological polar surface area (TPSA) is 33.6 Å². The van der Waals surface area contributed by atoms with Gasteiger partial charge in [-0.3, -0.25) is 4.99 Å². The highest BCUT2D eigenvalue weighted by molar-refractivity contribution is 9.10. The van der Waals surface area contributed by atoms with Gasteiger partial charge in [-0.25, -0.2) is 0 Å². The van der Waals surface area contributed by atoms with Crippen molar-refractivity contribution in [3.8, 4) is 5.75 Å². The summed E-state index contributed by atoms with van der Waals surface area (Å²) in [5.41, 5.74) is 5.28. The smallest absolute Gasteiger partial charge is 0.128 e. The summed E-state index contributed by atoms with van der Waals surface area (Å²) in [4.78, 5) is 4.62. The van der Waals surface area contributed by atoms with E-state index in [0.717, 1.165) is 48.4 Å². The summed E-state index contributed by atoms with van der Waals surface area (Å²) in [6.45, 7) is 4.02. The lowest BCUT2D eigenvalue weighted by molar-refractivity contribution is 0.409. The van der Waals surface area contributed by atoms with Gasteiger partial charge in [0.1, 0.15) is 11.6 Å². The SMILES string of the molecule is CCc1cccc(C2=NCCN2)c1CCc1cc(Br)ccc1OC. The molecule has 1 aliphatic rings.